The molecule has 2 fully saturated rings. The van der Waals surface area contributed by atoms with Crippen molar-refractivity contribution in [1.29, 1.82) is 0 Å². The number of benzene rings is 1. The number of nitrogens with zero attached hydrogens (tertiary/aromatic N) is 2. The minimum absolute atomic E-state index is 0.0531. The molecule has 0 bridgehead atoms. The van der Waals surface area contributed by atoms with Gasteiger partial charge in [0.2, 0.25) is 0 Å². The van der Waals surface area contributed by atoms with Gasteiger partial charge in [0.15, 0.2) is 0 Å². The number of carbonyl (C=O) groups excluding carboxylic acids is 1. The van der Waals surface area contributed by atoms with E-state index >= 15 is 8.78 Å². The van der Waals surface area contributed by atoms with Crippen molar-refractivity contribution in [3.8, 4) is 11.3 Å². The number of pyridine rings is 2. The van der Waals surface area contributed by atoms with Crippen molar-refractivity contribution in [2.75, 3.05) is 18.5 Å². The highest BCUT2D eigenvalue weighted by molar-refractivity contribution is 6.03. The fourth-order valence-electron chi connectivity index (χ4n) is 5.80. The largest absolute Gasteiger partial charge is 0.465 e. The molecule has 40 heavy (non-hydrogen) atoms. The lowest BCUT2D eigenvalue weighted by Gasteiger charge is -2.34. The van der Waals surface area contributed by atoms with E-state index in [1.165, 1.54) is 6.20 Å². The van der Waals surface area contributed by atoms with Crippen molar-refractivity contribution >= 4 is 17.7 Å². The maximum Gasteiger partial charge on any atom is 0.404 e. The van der Waals surface area contributed by atoms with E-state index < -0.39 is 40.7 Å². The van der Waals surface area contributed by atoms with Crippen molar-refractivity contribution in [1.82, 2.24) is 15.3 Å². The molecule has 4 atom stereocenters. The van der Waals surface area contributed by atoms with Crippen LogP contribution in [0.1, 0.15) is 66.1 Å². The van der Waals surface area contributed by atoms with Gasteiger partial charge in [0.05, 0.1) is 24.1 Å². The molecule has 0 spiro atoms. The van der Waals surface area contributed by atoms with Gasteiger partial charge in [-0.2, -0.15) is 0 Å². The van der Waals surface area contributed by atoms with Crippen LogP contribution in [-0.4, -0.2) is 46.3 Å². The number of hydrogen-bond acceptors (Lipinski definition) is 5. The second-order valence-corrected chi connectivity index (χ2v) is 10.5. The predicted molar refractivity (Wildman–Crippen MR) is 141 cm³/mol. The first kappa shape index (κ1) is 27.6. The summed E-state index contributed by atoms with van der Waals surface area (Å²) in [7, 11) is 0. The molecule has 3 aromatic rings. The van der Waals surface area contributed by atoms with Crippen LogP contribution in [0.25, 0.3) is 11.3 Å². The van der Waals surface area contributed by atoms with Crippen LogP contribution in [0, 0.1) is 23.4 Å². The minimum Gasteiger partial charge on any atom is -0.465 e. The third-order valence-corrected chi connectivity index (χ3v) is 7.59. The Kier molecular flexibility index (Phi) is 8.02. The van der Waals surface area contributed by atoms with Crippen molar-refractivity contribution < 1.29 is 32.6 Å². The standard InChI is InChI=1S/C29H29F3N4O4/c1-15-8-18(10-19(9-15)34-29(38)39)20-4-6-33-13-25(20)36-28(37)24-3-2-21(30)27(35-24)26-22(31)11-17(12-23(26)32)16-5-7-40-14-16/h2-4,6,11-13,15-16,18-19,34H,5,7-10,14H2,1H3,(H,36,37)(H,38,39)/t15-,16?,18+,19-/m0/s1. The topological polar surface area (TPSA) is 113 Å². The summed E-state index contributed by atoms with van der Waals surface area (Å²) in [6, 6.07) is 5.93. The molecule has 8 nitrogen and oxygen atoms in total. The van der Waals surface area contributed by atoms with Gasteiger partial charge in [-0.05, 0) is 79.0 Å². The van der Waals surface area contributed by atoms with E-state index in [9.17, 15) is 14.0 Å². The molecule has 2 amide bonds. The lowest BCUT2D eigenvalue weighted by molar-refractivity contribution is 0.102. The third-order valence-electron chi connectivity index (χ3n) is 7.59. The molecule has 5 rings (SSSR count). The number of ether oxygens (including phenoxy) is 1. The van der Waals surface area contributed by atoms with E-state index in [2.05, 4.69) is 20.6 Å². The van der Waals surface area contributed by atoms with Gasteiger partial charge in [-0.15, -0.1) is 0 Å². The zero-order valence-electron chi connectivity index (χ0n) is 21.8. The predicted octanol–water partition coefficient (Wildman–Crippen LogP) is 5.86. The van der Waals surface area contributed by atoms with Gasteiger partial charge in [0, 0.05) is 24.8 Å². The highest BCUT2D eigenvalue weighted by Crippen LogP contribution is 2.39. The monoisotopic (exact) mass is 554 g/mol. The number of anilines is 1. The lowest BCUT2D eigenvalue weighted by atomic mass is 9.76. The van der Waals surface area contributed by atoms with Crippen molar-refractivity contribution in [2.24, 2.45) is 5.92 Å². The number of carboxylic acid groups (broad SMARTS) is 1. The van der Waals surface area contributed by atoms with E-state index in [1.54, 1.807) is 12.3 Å². The number of carbonyl (C=O) groups is 2. The van der Waals surface area contributed by atoms with Crippen LogP contribution < -0.4 is 10.6 Å². The van der Waals surface area contributed by atoms with Crippen LogP contribution in [0.3, 0.4) is 0 Å². The number of rotatable bonds is 6. The van der Waals surface area contributed by atoms with Crippen LogP contribution in [-0.2, 0) is 4.74 Å². The number of hydrogen-bond donors (Lipinski definition) is 3. The second-order valence-electron chi connectivity index (χ2n) is 10.5. The minimum atomic E-state index is -1.09. The molecular formula is C29H29F3N4O4. The Morgan fingerprint density at radius 3 is 2.50 bits per heavy atom. The van der Waals surface area contributed by atoms with Crippen LogP contribution >= 0.6 is 0 Å². The molecule has 1 saturated carbocycles. The summed E-state index contributed by atoms with van der Waals surface area (Å²) in [5.41, 5.74) is 0.108. The summed E-state index contributed by atoms with van der Waals surface area (Å²) in [5.74, 6) is -3.59. The number of amides is 2. The van der Waals surface area contributed by atoms with Gasteiger partial charge in [-0.3, -0.25) is 9.78 Å². The zero-order valence-corrected chi connectivity index (χ0v) is 21.8. The molecule has 11 heteroatoms. The Bertz CT molecular complexity index is 1410. The molecular weight excluding hydrogens is 525 g/mol. The summed E-state index contributed by atoms with van der Waals surface area (Å²) >= 11 is 0. The highest BCUT2D eigenvalue weighted by atomic mass is 19.1. The molecule has 3 N–H and O–H groups in total. The average Bonchev–Trinajstić information content (AvgIpc) is 3.44. The first-order valence-electron chi connectivity index (χ1n) is 13.2. The zero-order chi connectivity index (χ0) is 28.4. The number of halogens is 3. The Morgan fingerprint density at radius 2 is 1.80 bits per heavy atom. The quantitative estimate of drug-likeness (QED) is 0.352. The molecule has 1 saturated heterocycles. The fraction of sp³-hybridized carbons (Fsp3) is 0.379. The van der Waals surface area contributed by atoms with Gasteiger partial charge in [0.1, 0.15) is 28.8 Å². The van der Waals surface area contributed by atoms with Crippen molar-refractivity contribution in [3.05, 3.63) is 77.0 Å². The van der Waals surface area contributed by atoms with E-state index in [0.29, 0.717) is 43.7 Å². The Balaban J connectivity index is 1.40. The maximum atomic E-state index is 15.1. The Labute approximate surface area is 229 Å². The van der Waals surface area contributed by atoms with Crippen LogP contribution in [0.5, 0.6) is 0 Å². The number of aromatic nitrogens is 2. The molecule has 1 aliphatic heterocycles. The molecule has 0 radical (unpaired) electrons. The average molecular weight is 555 g/mol. The first-order chi connectivity index (χ1) is 19.2. The summed E-state index contributed by atoms with van der Waals surface area (Å²) < 4.78 is 50.2. The van der Waals surface area contributed by atoms with Crippen LogP contribution in [0.4, 0.5) is 23.7 Å². The van der Waals surface area contributed by atoms with E-state index in [0.717, 1.165) is 36.2 Å². The van der Waals surface area contributed by atoms with E-state index in [4.69, 9.17) is 9.84 Å². The smallest absolute Gasteiger partial charge is 0.404 e. The summed E-state index contributed by atoms with van der Waals surface area (Å²) in [5, 5.41) is 14.5. The SMILES string of the molecule is C[C@@H]1C[C@H](NC(=O)O)C[C@H](c2ccncc2NC(=O)c2ccc(F)c(-c3c(F)cc(C4CCOC4)cc3F)n2)C1. The van der Waals surface area contributed by atoms with Gasteiger partial charge >= 0.3 is 6.09 Å². The Hall–Kier alpha value is -3.99. The summed E-state index contributed by atoms with van der Waals surface area (Å²) in [6.45, 7) is 2.90. The van der Waals surface area contributed by atoms with E-state index in [1.807, 2.05) is 6.92 Å². The third kappa shape index (κ3) is 5.94. The van der Waals surface area contributed by atoms with Gasteiger partial charge in [0.25, 0.3) is 5.91 Å². The van der Waals surface area contributed by atoms with Crippen molar-refractivity contribution in [2.45, 2.75) is 50.5 Å². The summed E-state index contributed by atoms with van der Waals surface area (Å²) in [6.07, 6.45) is 4.64. The molecule has 1 aromatic carbocycles. The molecule has 2 aliphatic rings. The Morgan fingerprint density at radius 1 is 1.02 bits per heavy atom. The van der Waals surface area contributed by atoms with Crippen molar-refractivity contribution in [3.63, 3.8) is 0 Å². The van der Waals surface area contributed by atoms with Gasteiger partial charge < -0.3 is 20.5 Å². The van der Waals surface area contributed by atoms with E-state index in [-0.39, 0.29) is 29.5 Å². The van der Waals surface area contributed by atoms with Crippen LogP contribution in [0.2, 0.25) is 0 Å². The maximum absolute atomic E-state index is 15.1. The fourth-order valence-corrected chi connectivity index (χ4v) is 5.80. The number of nitrogens with one attached hydrogen (secondary N) is 2. The molecule has 2 aromatic heterocycles. The molecule has 1 aliphatic carbocycles. The van der Waals surface area contributed by atoms with Crippen LogP contribution in [0.15, 0.2) is 42.7 Å². The molecule has 210 valence electrons. The second kappa shape index (κ2) is 11.6. The molecule has 3 heterocycles. The normalized spacial score (nSPS) is 22.6. The highest BCUT2D eigenvalue weighted by Gasteiger charge is 2.30. The first-order valence-corrected chi connectivity index (χ1v) is 13.2. The molecule has 1 unspecified atom stereocenters. The van der Waals surface area contributed by atoms with Gasteiger partial charge in [-0.1, -0.05) is 6.92 Å². The van der Waals surface area contributed by atoms with Gasteiger partial charge in [-0.25, -0.2) is 22.9 Å². The summed E-state index contributed by atoms with van der Waals surface area (Å²) in [4.78, 5) is 32.5. The lowest BCUT2D eigenvalue weighted by Crippen LogP contribution is -2.39.